The summed E-state index contributed by atoms with van der Waals surface area (Å²) in [6.45, 7) is 4.41. The summed E-state index contributed by atoms with van der Waals surface area (Å²) in [4.78, 5) is 2.46. The zero-order valence-electron chi connectivity index (χ0n) is 9.57. The van der Waals surface area contributed by atoms with Gasteiger partial charge in [-0.15, -0.1) is 11.3 Å². The highest BCUT2D eigenvalue weighted by molar-refractivity contribution is 7.12. The van der Waals surface area contributed by atoms with Crippen molar-refractivity contribution in [3.8, 4) is 0 Å². The predicted molar refractivity (Wildman–Crippen MR) is 65.1 cm³/mol. The minimum absolute atomic E-state index is 0.216. The predicted octanol–water partition coefficient (Wildman–Crippen LogP) is 3.92. The highest BCUT2D eigenvalue weighted by atomic mass is 32.1. The van der Waals surface area contributed by atoms with Crippen molar-refractivity contribution >= 4 is 11.3 Å². The van der Waals surface area contributed by atoms with Crippen LogP contribution in [0.2, 0.25) is 0 Å². The molecule has 0 aromatic carbocycles. The minimum Gasteiger partial charge on any atom is -0.387 e. The van der Waals surface area contributed by atoms with Crippen LogP contribution in [0.25, 0.3) is 0 Å². The molecule has 1 aliphatic carbocycles. The van der Waals surface area contributed by atoms with E-state index in [1.54, 1.807) is 11.3 Å². The first-order valence-electron chi connectivity index (χ1n) is 5.91. The van der Waals surface area contributed by atoms with Gasteiger partial charge in [-0.2, -0.15) is 0 Å². The molecule has 1 aromatic heterocycles. The zero-order valence-corrected chi connectivity index (χ0v) is 10.4. The van der Waals surface area contributed by atoms with E-state index in [1.165, 1.54) is 30.6 Å². The molecule has 1 aliphatic rings. The fraction of sp³-hybridized carbons (Fsp3) is 0.692. The van der Waals surface area contributed by atoms with Gasteiger partial charge in [-0.05, 0) is 43.7 Å². The third-order valence-corrected chi connectivity index (χ3v) is 4.55. The largest absolute Gasteiger partial charge is 0.387 e. The molecule has 2 rings (SSSR count). The first-order chi connectivity index (χ1) is 7.16. The van der Waals surface area contributed by atoms with Crippen molar-refractivity contribution in [3.63, 3.8) is 0 Å². The normalized spacial score (nSPS) is 29.0. The van der Waals surface area contributed by atoms with Gasteiger partial charge < -0.3 is 5.11 Å². The van der Waals surface area contributed by atoms with Crippen LogP contribution >= 0.6 is 11.3 Å². The second-order valence-electron chi connectivity index (χ2n) is 4.93. The Kier molecular flexibility index (Phi) is 3.47. The van der Waals surface area contributed by atoms with Crippen molar-refractivity contribution in [3.05, 3.63) is 21.9 Å². The number of aliphatic hydroxyl groups excluding tert-OH is 1. The Morgan fingerprint density at radius 2 is 2.20 bits per heavy atom. The van der Waals surface area contributed by atoms with Gasteiger partial charge >= 0.3 is 0 Å². The van der Waals surface area contributed by atoms with Crippen molar-refractivity contribution < 1.29 is 5.11 Å². The summed E-state index contributed by atoms with van der Waals surface area (Å²) in [5.74, 6) is 1.28. The lowest BCUT2D eigenvalue weighted by Crippen LogP contribution is -2.19. The molecule has 1 N–H and O–H groups in total. The SMILES string of the molecule is Cc1ccc(C(O)C2CCCC(C)C2)s1. The molecule has 84 valence electrons. The Balaban J connectivity index is 2.03. The van der Waals surface area contributed by atoms with E-state index in [2.05, 4.69) is 26.0 Å². The summed E-state index contributed by atoms with van der Waals surface area (Å²) in [7, 11) is 0. The second-order valence-corrected chi connectivity index (χ2v) is 6.24. The van der Waals surface area contributed by atoms with E-state index in [0.29, 0.717) is 5.92 Å². The first-order valence-corrected chi connectivity index (χ1v) is 6.73. The molecule has 0 amide bonds. The number of aryl methyl sites for hydroxylation is 1. The highest BCUT2D eigenvalue weighted by Gasteiger charge is 2.26. The summed E-state index contributed by atoms with van der Waals surface area (Å²) in [5, 5.41) is 10.3. The van der Waals surface area contributed by atoms with E-state index in [1.807, 2.05) is 0 Å². The van der Waals surface area contributed by atoms with Gasteiger partial charge in [0.25, 0.3) is 0 Å². The monoisotopic (exact) mass is 224 g/mol. The van der Waals surface area contributed by atoms with Crippen LogP contribution in [-0.4, -0.2) is 5.11 Å². The molecule has 0 radical (unpaired) electrons. The molecule has 0 spiro atoms. The third kappa shape index (κ3) is 2.61. The maximum absolute atomic E-state index is 10.3. The van der Waals surface area contributed by atoms with Crippen LogP contribution in [0, 0.1) is 18.8 Å². The van der Waals surface area contributed by atoms with E-state index in [4.69, 9.17) is 0 Å². The Morgan fingerprint density at radius 3 is 2.80 bits per heavy atom. The summed E-state index contributed by atoms with van der Waals surface area (Å²) in [6, 6.07) is 4.19. The first kappa shape index (κ1) is 11.2. The molecule has 0 bridgehead atoms. The van der Waals surface area contributed by atoms with Crippen LogP contribution in [0.4, 0.5) is 0 Å². The Bertz CT molecular complexity index is 318. The van der Waals surface area contributed by atoms with Crippen molar-refractivity contribution in [2.75, 3.05) is 0 Å². The van der Waals surface area contributed by atoms with Crippen LogP contribution in [0.3, 0.4) is 0 Å². The van der Waals surface area contributed by atoms with E-state index >= 15 is 0 Å². The zero-order chi connectivity index (χ0) is 10.8. The highest BCUT2D eigenvalue weighted by Crippen LogP contribution is 2.38. The molecular weight excluding hydrogens is 204 g/mol. The molecule has 3 atom stereocenters. The van der Waals surface area contributed by atoms with Crippen molar-refractivity contribution in [1.82, 2.24) is 0 Å². The number of hydrogen-bond acceptors (Lipinski definition) is 2. The van der Waals surface area contributed by atoms with Gasteiger partial charge in [0.2, 0.25) is 0 Å². The lowest BCUT2D eigenvalue weighted by Gasteiger charge is -2.29. The topological polar surface area (TPSA) is 20.2 Å². The summed E-state index contributed by atoms with van der Waals surface area (Å²) in [6.07, 6.45) is 4.80. The van der Waals surface area contributed by atoms with Gasteiger partial charge in [0.15, 0.2) is 0 Å². The van der Waals surface area contributed by atoms with Crippen molar-refractivity contribution in [2.45, 2.75) is 45.6 Å². The molecule has 1 aromatic rings. The fourth-order valence-corrected chi connectivity index (χ4v) is 3.57. The number of thiophene rings is 1. The van der Waals surface area contributed by atoms with Gasteiger partial charge in [0, 0.05) is 9.75 Å². The van der Waals surface area contributed by atoms with Crippen molar-refractivity contribution in [2.24, 2.45) is 11.8 Å². The molecule has 1 nitrogen and oxygen atoms in total. The van der Waals surface area contributed by atoms with Gasteiger partial charge in [-0.25, -0.2) is 0 Å². The number of rotatable bonds is 2. The van der Waals surface area contributed by atoms with Crippen LogP contribution in [0.15, 0.2) is 12.1 Å². The van der Waals surface area contributed by atoms with E-state index < -0.39 is 0 Å². The number of aliphatic hydroxyl groups is 1. The van der Waals surface area contributed by atoms with Crippen LogP contribution in [-0.2, 0) is 0 Å². The minimum atomic E-state index is -0.216. The summed E-state index contributed by atoms with van der Waals surface area (Å²) in [5.41, 5.74) is 0. The average Bonchev–Trinajstić information content (AvgIpc) is 2.64. The molecule has 1 heterocycles. The summed E-state index contributed by atoms with van der Waals surface area (Å²) < 4.78 is 0. The Hall–Kier alpha value is -0.340. The van der Waals surface area contributed by atoms with Crippen LogP contribution in [0.1, 0.15) is 48.5 Å². The molecule has 1 fully saturated rings. The smallest absolute Gasteiger partial charge is 0.0910 e. The van der Waals surface area contributed by atoms with E-state index in [9.17, 15) is 5.11 Å². The van der Waals surface area contributed by atoms with Crippen molar-refractivity contribution in [1.29, 1.82) is 0 Å². The van der Waals surface area contributed by atoms with Crippen LogP contribution < -0.4 is 0 Å². The lowest BCUT2D eigenvalue weighted by atomic mass is 9.79. The molecule has 0 aliphatic heterocycles. The average molecular weight is 224 g/mol. The summed E-state index contributed by atoms with van der Waals surface area (Å²) >= 11 is 1.74. The fourth-order valence-electron chi connectivity index (χ4n) is 2.61. The van der Waals surface area contributed by atoms with Gasteiger partial charge in [0.1, 0.15) is 0 Å². The van der Waals surface area contributed by atoms with Crippen LogP contribution in [0.5, 0.6) is 0 Å². The molecular formula is C13H20OS. The maximum atomic E-state index is 10.3. The molecule has 3 unspecified atom stereocenters. The van der Waals surface area contributed by atoms with Gasteiger partial charge in [-0.3, -0.25) is 0 Å². The molecule has 0 saturated heterocycles. The Labute approximate surface area is 96.1 Å². The number of hydrogen-bond donors (Lipinski definition) is 1. The molecule has 1 saturated carbocycles. The Morgan fingerprint density at radius 1 is 1.40 bits per heavy atom. The van der Waals surface area contributed by atoms with Gasteiger partial charge in [-0.1, -0.05) is 19.8 Å². The lowest BCUT2D eigenvalue weighted by molar-refractivity contribution is 0.0742. The second kappa shape index (κ2) is 4.67. The quantitative estimate of drug-likeness (QED) is 0.807. The maximum Gasteiger partial charge on any atom is 0.0910 e. The van der Waals surface area contributed by atoms with E-state index in [-0.39, 0.29) is 6.10 Å². The van der Waals surface area contributed by atoms with E-state index in [0.717, 1.165) is 10.8 Å². The van der Waals surface area contributed by atoms with Gasteiger partial charge in [0.05, 0.1) is 6.10 Å². The molecule has 2 heteroatoms. The molecule has 15 heavy (non-hydrogen) atoms. The third-order valence-electron chi connectivity index (χ3n) is 3.48. The standard InChI is InChI=1S/C13H20OS/c1-9-4-3-5-11(8-9)13(14)12-7-6-10(2)15-12/h6-7,9,11,13-14H,3-5,8H2,1-2H3.